The molecule has 0 aromatic carbocycles. The summed E-state index contributed by atoms with van der Waals surface area (Å²) in [5.74, 6) is -1.20. The van der Waals surface area contributed by atoms with E-state index in [1.54, 1.807) is 16.8 Å². The molecule has 168 valence electrons. The molecule has 2 fully saturated rings. The second-order valence-corrected chi connectivity index (χ2v) is 8.20. The van der Waals surface area contributed by atoms with E-state index in [1.807, 2.05) is 20.2 Å². The first-order valence-corrected chi connectivity index (χ1v) is 10.6. The van der Waals surface area contributed by atoms with Crippen molar-refractivity contribution in [3.05, 3.63) is 17.5 Å². The van der Waals surface area contributed by atoms with Crippen molar-refractivity contribution in [2.24, 2.45) is 7.05 Å². The number of carbonyl (C=O) groups excluding carboxylic acids is 2. The van der Waals surface area contributed by atoms with Gasteiger partial charge in [0.1, 0.15) is 0 Å². The lowest BCUT2D eigenvalue weighted by Gasteiger charge is -2.24. The minimum absolute atomic E-state index is 0.198. The Morgan fingerprint density at radius 3 is 2.74 bits per heavy atom. The van der Waals surface area contributed by atoms with Gasteiger partial charge in [0, 0.05) is 38.3 Å². The number of ether oxygens (including phenoxy) is 2. The molecule has 31 heavy (non-hydrogen) atoms. The summed E-state index contributed by atoms with van der Waals surface area (Å²) in [5.41, 5.74) is 3.69. The van der Waals surface area contributed by atoms with Gasteiger partial charge in [0.25, 0.3) is 0 Å². The lowest BCUT2D eigenvalue weighted by molar-refractivity contribution is -0.184. The Balaban J connectivity index is 1.63. The van der Waals surface area contributed by atoms with Crippen LogP contribution in [0.5, 0.6) is 0 Å². The fourth-order valence-corrected chi connectivity index (χ4v) is 4.52. The number of rotatable bonds is 6. The third-order valence-corrected chi connectivity index (χ3v) is 6.11. The Hall–Kier alpha value is -2.72. The average molecular weight is 431 g/mol. The number of pyridine rings is 1. The Morgan fingerprint density at radius 1 is 1.29 bits per heavy atom. The van der Waals surface area contributed by atoms with Crippen LogP contribution in [-0.2, 0) is 30.9 Å². The number of fused-ring (bicyclic) bond motifs is 1. The number of methoxy groups -OCH3 is 1. The van der Waals surface area contributed by atoms with Gasteiger partial charge in [-0.25, -0.2) is 14.6 Å². The van der Waals surface area contributed by atoms with Gasteiger partial charge in [0.2, 0.25) is 0 Å². The Kier molecular flexibility index (Phi) is 6.10. The number of aryl methyl sites for hydroxylation is 2. The molecule has 3 heterocycles. The number of anilines is 1. The SMILES string of the molecule is COC(=O)COC(=O)C1CC(c2cnc3c(c(C)nn3C)c2NC2CCCC2)N(C)O1. The number of nitrogens with zero attached hydrogens (tertiary/aromatic N) is 4. The highest BCUT2D eigenvalue weighted by Crippen LogP contribution is 2.41. The summed E-state index contributed by atoms with van der Waals surface area (Å²) in [4.78, 5) is 34.1. The predicted octanol–water partition coefficient (Wildman–Crippen LogP) is 2.02. The van der Waals surface area contributed by atoms with Gasteiger partial charge in [-0.1, -0.05) is 12.8 Å². The molecular formula is C21H29N5O5. The number of carbonyl (C=O) groups is 2. The van der Waals surface area contributed by atoms with E-state index >= 15 is 0 Å². The molecule has 4 rings (SSSR count). The summed E-state index contributed by atoms with van der Waals surface area (Å²) in [5, 5.41) is 11.0. The van der Waals surface area contributed by atoms with Crippen LogP contribution in [0.4, 0.5) is 5.69 Å². The quantitative estimate of drug-likeness (QED) is 0.687. The fourth-order valence-electron chi connectivity index (χ4n) is 4.52. The molecule has 2 unspecified atom stereocenters. The van der Waals surface area contributed by atoms with Crippen LogP contribution in [0.15, 0.2) is 6.20 Å². The molecule has 0 bridgehead atoms. The molecule has 2 atom stereocenters. The monoisotopic (exact) mass is 431 g/mol. The maximum Gasteiger partial charge on any atom is 0.344 e. The topological polar surface area (TPSA) is 108 Å². The third-order valence-electron chi connectivity index (χ3n) is 6.11. The zero-order chi connectivity index (χ0) is 22.1. The van der Waals surface area contributed by atoms with Gasteiger partial charge >= 0.3 is 11.9 Å². The lowest BCUT2D eigenvalue weighted by Crippen LogP contribution is -2.26. The van der Waals surface area contributed by atoms with E-state index in [2.05, 4.69) is 20.1 Å². The number of hydrogen-bond donors (Lipinski definition) is 1. The first-order chi connectivity index (χ1) is 14.9. The van der Waals surface area contributed by atoms with Crippen LogP contribution >= 0.6 is 0 Å². The molecule has 1 saturated heterocycles. The summed E-state index contributed by atoms with van der Waals surface area (Å²) in [6.07, 6.45) is 6.12. The first kappa shape index (κ1) is 21.5. The minimum Gasteiger partial charge on any atom is -0.466 e. The maximum absolute atomic E-state index is 12.4. The number of nitrogens with one attached hydrogen (secondary N) is 1. The number of aromatic nitrogens is 3. The molecule has 1 aliphatic carbocycles. The van der Waals surface area contributed by atoms with E-state index in [9.17, 15) is 9.59 Å². The molecule has 2 aliphatic rings. The molecule has 1 saturated carbocycles. The van der Waals surface area contributed by atoms with E-state index in [0.717, 1.165) is 40.8 Å². The highest BCUT2D eigenvalue weighted by molar-refractivity contribution is 5.93. The molecule has 10 nitrogen and oxygen atoms in total. The molecule has 1 aliphatic heterocycles. The Labute approximate surface area is 180 Å². The average Bonchev–Trinajstić information content (AvgIpc) is 3.46. The zero-order valence-electron chi connectivity index (χ0n) is 18.4. The van der Waals surface area contributed by atoms with Crippen molar-refractivity contribution in [3.8, 4) is 0 Å². The molecule has 2 aromatic rings. The third kappa shape index (κ3) is 4.22. The first-order valence-electron chi connectivity index (χ1n) is 10.6. The summed E-state index contributed by atoms with van der Waals surface area (Å²) in [6.45, 7) is 1.55. The highest BCUT2D eigenvalue weighted by Gasteiger charge is 2.39. The number of esters is 2. The van der Waals surface area contributed by atoms with E-state index in [-0.39, 0.29) is 6.04 Å². The summed E-state index contributed by atoms with van der Waals surface area (Å²) in [7, 11) is 4.92. The van der Waals surface area contributed by atoms with E-state index in [1.165, 1.54) is 20.0 Å². The normalized spacial score (nSPS) is 22.2. The van der Waals surface area contributed by atoms with Crippen molar-refractivity contribution in [1.82, 2.24) is 19.8 Å². The standard InChI is InChI=1S/C21H29N5O5/c1-12-18-19(23-13-7-5-6-8-13)14(10-22-20(18)25(2)24-12)15-9-16(31-26(15)3)21(28)30-11-17(27)29-4/h10,13,15-16H,5-9,11H2,1-4H3,(H,22,23). The van der Waals surface area contributed by atoms with Gasteiger partial charge in [-0.05, 0) is 19.8 Å². The van der Waals surface area contributed by atoms with Gasteiger partial charge in [-0.15, -0.1) is 0 Å². The Bertz CT molecular complexity index is 984. The van der Waals surface area contributed by atoms with Crippen molar-refractivity contribution in [3.63, 3.8) is 0 Å². The van der Waals surface area contributed by atoms with Gasteiger partial charge in [-0.2, -0.15) is 10.2 Å². The molecular weight excluding hydrogens is 402 g/mol. The molecule has 1 N–H and O–H groups in total. The van der Waals surface area contributed by atoms with E-state index < -0.39 is 24.6 Å². The molecule has 0 amide bonds. The van der Waals surface area contributed by atoms with Crippen LogP contribution in [0.3, 0.4) is 0 Å². The van der Waals surface area contributed by atoms with Crippen molar-refractivity contribution in [2.75, 3.05) is 26.1 Å². The van der Waals surface area contributed by atoms with Gasteiger partial charge in [-0.3, -0.25) is 9.52 Å². The van der Waals surface area contributed by atoms with Crippen molar-refractivity contribution < 1.29 is 23.9 Å². The van der Waals surface area contributed by atoms with Crippen molar-refractivity contribution in [1.29, 1.82) is 0 Å². The molecule has 2 aromatic heterocycles. The van der Waals surface area contributed by atoms with Gasteiger partial charge < -0.3 is 14.8 Å². The van der Waals surface area contributed by atoms with Crippen LogP contribution < -0.4 is 5.32 Å². The molecule has 10 heteroatoms. The molecule has 0 radical (unpaired) electrons. The van der Waals surface area contributed by atoms with Gasteiger partial charge in [0.05, 0.1) is 29.9 Å². The fraction of sp³-hybridized carbons (Fsp3) is 0.619. The van der Waals surface area contributed by atoms with Crippen molar-refractivity contribution >= 4 is 28.7 Å². The highest BCUT2D eigenvalue weighted by atomic mass is 16.7. The Morgan fingerprint density at radius 2 is 2.03 bits per heavy atom. The van der Waals surface area contributed by atoms with E-state index in [4.69, 9.17) is 9.57 Å². The van der Waals surface area contributed by atoms with Crippen LogP contribution in [-0.4, -0.2) is 64.7 Å². The predicted molar refractivity (Wildman–Crippen MR) is 112 cm³/mol. The summed E-state index contributed by atoms with van der Waals surface area (Å²) < 4.78 is 11.3. The molecule has 0 spiro atoms. The van der Waals surface area contributed by atoms with Crippen LogP contribution in [0.25, 0.3) is 11.0 Å². The number of hydrogen-bond acceptors (Lipinski definition) is 9. The summed E-state index contributed by atoms with van der Waals surface area (Å²) >= 11 is 0. The largest absolute Gasteiger partial charge is 0.466 e. The minimum atomic E-state index is -0.801. The second-order valence-electron chi connectivity index (χ2n) is 8.20. The van der Waals surface area contributed by atoms with Crippen LogP contribution in [0.2, 0.25) is 0 Å². The number of hydroxylamine groups is 2. The van der Waals surface area contributed by atoms with Gasteiger partial charge in [0.15, 0.2) is 18.4 Å². The van der Waals surface area contributed by atoms with Crippen molar-refractivity contribution in [2.45, 2.75) is 57.2 Å². The van der Waals surface area contributed by atoms with Crippen LogP contribution in [0.1, 0.15) is 49.4 Å². The van der Waals surface area contributed by atoms with Crippen LogP contribution in [0, 0.1) is 6.92 Å². The lowest BCUT2D eigenvalue weighted by atomic mass is 9.99. The summed E-state index contributed by atoms with van der Waals surface area (Å²) in [6, 6.07) is 0.202. The smallest absolute Gasteiger partial charge is 0.344 e. The van der Waals surface area contributed by atoms with E-state index in [0.29, 0.717) is 12.5 Å². The zero-order valence-corrected chi connectivity index (χ0v) is 18.4. The second kappa shape index (κ2) is 8.80. The maximum atomic E-state index is 12.4.